The Morgan fingerprint density at radius 3 is 2.38 bits per heavy atom. The van der Waals surface area contributed by atoms with E-state index in [2.05, 4.69) is 15.6 Å². The van der Waals surface area contributed by atoms with E-state index in [1.54, 1.807) is 53.6 Å². The molecule has 0 bridgehead atoms. The van der Waals surface area contributed by atoms with Crippen LogP contribution in [0.1, 0.15) is 69.0 Å². The molecule has 1 saturated carbocycles. The molecule has 1 atom stereocenters. The van der Waals surface area contributed by atoms with Crippen molar-refractivity contribution in [3.8, 4) is 0 Å². The summed E-state index contributed by atoms with van der Waals surface area (Å²) in [5.74, 6) is -0.173. The Labute approximate surface area is 235 Å². The number of aryl methyl sites for hydroxylation is 1. The monoisotopic (exact) mass is 546 g/mol. The predicted molar refractivity (Wildman–Crippen MR) is 155 cm³/mol. The Balaban J connectivity index is 1.60. The summed E-state index contributed by atoms with van der Waals surface area (Å²) in [6.07, 6.45) is 6.93. The number of aromatic nitrogens is 1. The highest BCUT2D eigenvalue weighted by Gasteiger charge is 2.35. The van der Waals surface area contributed by atoms with Gasteiger partial charge in [0.2, 0.25) is 17.7 Å². The molecule has 204 valence electrons. The Bertz CT molecular complexity index is 1260. The number of para-hydroxylation sites is 1. The minimum atomic E-state index is -0.870. The van der Waals surface area contributed by atoms with Gasteiger partial charge in [-0.2, -0.15) is 0 Å². The topological polar surface area (TPSA) is 91.4 Å². The second-order valence-electron chi connectivity index (χ2n) is 9.81. The third-order valence-corrected chi connectivity index (χ3v) is 7.27. The van der Waals surface area contributed by atoms with Crippen molar-refractivity contribution >= 4 is 40.8 Å². The smallest absolute Gasteiger partial charge is 0.248 e. The highest BCUT2D eigenvalue weighted by atomic mass is 35.5. The summed E-state index contributed by atoms with van der Waals surface area (Å²) in [6.45, 7) is 2.03. The Hall–Kier alpha value is -3.71. The van der Waals surface area contributed by atoms with Crippen LogP contribution in [0.5, 0.6) is 0 Å². The van der Waals surface area contributed by atoms with E-state index in [0.29, 0.717) is 34.9 Å². The lowest BCUT2D eigenvalue weighted by molar-refractivity contribution is -0.127. The molecule has 0 spiro atoms. The maximum Gasteiger partial charge on any atom is 0.248 e. The van der Waals surface area contributed by atoms with Crippen molar-refractivity contribution in [2.24, 2.45) is 0 Å². The number of halogens is 1. The lowest BCUT2D eigenvalue weighted by atomic mass is 9.99. The van der Waals surface area contributed by atoms with Crippen LogP contribution in [0.2, 0.25) is 5.02 Å². The molecule has 0 aliphatic heterocycles. The number of nitrogens with one attached hydrogen (secondary N) is 2. The van der Waals surface area contributed by atoms with Crippen molar-refractivity contribution in [2.45, 2.75) is 70.4 Å². The van der Waals surface area contributed by atoms with Crippen LogP contribution in [0, 0.1) is 0 Å². The normalized spacial score (nSPS) is 14.0. The number of carbonyl (C=O) groups is 3. The van der Waals surface area contributed by atoms with Crippen molar-refractivity contribution in [3.05, 3.63) is 89.1 Å². The molecule has 0 radical (unpaired) electrons. The van der Waals surface area contributed by atoms with Crippen molar-refractivity contribution < 1.29 is 14.4 Å². The van der Waals surface area contributed by atoms with E-state index in [0.717, 1.165) is 31.2 Å². The van der Waals surface area contributed by atoms with E-state index in [4.69, 9.17) is 11.6 Å². The first-order valence-electron chi connectivity index (χ1n) is 13.6. The summed E-state index contributed by atoms with van der Waals surface area (Å²) in [4.78, 5) is 46.0. The van der Waals surface area contributed by atoms with Gasteiger partial charge < -0.3 is 10.6 Å². The summed E-state index contributed by atoms with van der Waals surface area (Å²) in [5.41, 5.74) is 2.35. The number of rotatable bonds is 11. The number of benzene rings is 2. The predicted octanol–water partition coefficient (Wildman–Crippen LogP) is 6.24. The van der Waals surface area contributed by atoms with Gasteiger partial charge >= 0.3 is 0 Å². The molecule has 0 saturated heterocycles. The minimum absolute atomic E-state index is 0.0981. The van der Waals surface area contributed by atoms with E-state index in [1.807, 2.05) is 31.2 Å². The maximum atomic E-state index is 14.0. The standard InChI is InChI=1S/C31H35ClN4O3/c1-2-22-10-3-6-13-26(22)36(29(38)16-9-15-28(37)35-27-14-7-8-21-33-27)30(23-17-19-24(32)20-18-23)31(39)34-25-11-4-5-12-25/h3,6-8,10,13-14,17-21,25,30H,2,4-5,9,11-12,15-16H2,1H3,(H,34,39)(H,33,35,37)/t30-/m1/s1. The zero-order chi connectivity index (χ0) is 27.6. The van der Waals surface area contributed by atoms with Gasteiger partial charge in [-0.1, -0.05) is 67.8 Å². The van der Waals surface area contributed by atoms with Crippen LogP contribution in [-0.4, -0.2) is 28.7 Å². The zero-order valence-electron chi connectivity index (χ0n) is 22.2. The van der Waals surface area contributed by atoms with E-state index in [9.17, 15) is 14.4 Å². The van der Waals surface area contributed by atoms with E-state index >= 15 is 0 Å². The first-order valence-corrected chi connectivity index (χ1v) is 14.0. The van der Waals surface area contributed by atoms with Gasteiger partial charge in [0.25, 0.3) is 0 Å². The molecule has 1 fully saturated rings. The van der Waals surface area contributed by atoms with E-state index < -0.39 is 6.04 Å². The summed E-state index contributed by atoms with van der Waals surface area (Å²) < 4.78 is 0. The molecule has 1 aromatic heterocycles. The third kappa shape index (κ3) is 7.67. The van der Waals surface area contributed by atoms with Crippen molar-refractivity contribution in [3.63, 3.8) is 0 Å². The number of hydrogen-bond donors (Lipinski definition) is 2. The third-order valence-electron chi connectivity index (χ3n) is 7.02. The Morgan fingerprint density at radius 1 is 0.974 bits per heavy atom. The first kappa shape index (κ1) is 28.3. The van der Waals surface area contributed by atoms with Crippen molar-refractivity contribution in [1.29, 1.82) is 0 Å². The first-order chi connectivity index (χ1) is 19.0. The Morgan fingerprint density at radius 2 is 1.69 bits per heavy atom. The number of carbonyl (C=O) groups excluding carboxylic acids is 3. The number of hydrogen-bond acceptors (Lipinski definition) is 4. The van der Waals surface area contributed by atoms with Gasteiger partial charge in [-0.25, -0.2) is 4.98 Å². The summed E-state index contributed by atoms with van der Waals surface area (Å²) in [7, 11) is 0. The molecular weight excluding hydrogens is 512 g/mol. The average Bonchev–Trinajstić information content (AvgIpc) is 3.46. The molecule has 4 rings (SSSR count). The van der Waals surface area contributed by atoms with Gasteiger partial charge in [0, 0.05) is 35.8 Å². The molecule has 3 aromatic rings. The van der Waals surface area contributed by atoms with Gasteiger partial charge in [-0.3, -0.25) is 19.3 Å². The molecule has 1 aliphatic rings. The molecule has 2 aromatic carbocycles. The van der Waals surface area contributed by atoms with E-state index in [1.165, 1.54) is 0 Å². The SMILES string of the molecule is CCc1ccccc1N(C(=O)CCCC(=O)Nc1ccccn1)[C@@H](C(=O)NC1CCCC1)c1ccc(Cl)cc1. The lowest BCUT2D eigenvalue weighted by Gasteiger charge is -2.33. The molecule has 1 aliphatic carbocycles. The number of nitrogens with zero attached hydrogens (tertiary/aromatic N) is 2. The zero-order valence-corrected chi connectivity index (χ0v) is 23.0. The van der Waals surface area contributed by atoms with E-state index in [-0.39, 0.29) is 36.6 Å². The van der Waals surface area contributed by atoms with Gasteiger partial charge in [0.15, 0.2) is 0 Å². The lowest BCUT2D eigenvalue weighted by Crippen LogP contribution is -2.46. The van der Waals surface area contributed by atoms with Crippen LogP contribution in [0.3, 0.4) is 0 Å². The van der Waals surface area contributed by atoms with Gasteiger partial charge in [0.1, 0.15) is 11.9 Å². The van der Waals surface area contributed by atoms with Crippen LogP contribution in [0.15, 0.2) is 72.9 Å². The second kappa shape index (κ2) is 13.9. The van der Waals surface area contributed by atoms with Crippen LogP contribution < -0.4 is 15.5 Å². The fourth-order valence-corrected chi connectivity index (χ4v) is 5.16. The van der Waals surface area contributed by atoms with Crippen molar-refractivity contribution in [2.75, 3.05) is 10.2 Å². The molecule has 0 unspecified atom stereocenters. The molecule has 1 heterocycles. The van der Waals surface area contributed by atoms with Crippen LogP contribution in [0.4, 0.5) is 11.5 Å². The fourth-order valence-electron chi connectivity index (χ4n) is 5.04. The molecule has 7 nitrogen and oxygen atoms in total. The number of anilines is 2. The largest absolute Gasteiger partial charge is 0.351 e. The van der Waals surface area contributed by atoms with Crippen LogP contribution >= 0.6 is 11.6 Å². The number of pyridine rings is 1. The van der Waals surface area contributed by atoms with Crippen LogP contribution in [0.25, 0.3) is 0 Å². The molecule has 3 amide bonds. The molecule has 8 heteroatoms. The summed E-state index contributed by atoms with van der Waals surface area (Å²) in [6, 6.07) is 19.3. The molecule has 39 heavy (non-hydrogen) atoms. The maximum absolute atomic E-state index is 14.0. The van der Waals surface area contributed by atoms with Gasteiger partial charge in [-0.05, 0) is 67.1 Å². The summed E-state index contributed by atoms with van der Waals surface area (Å²) in [5, 5.41) is 6.51. The average molecular weight is 547 g/mol. The van der Waals surface area contributed by atoms with Crippen molar-refractivity contribution in [1.82, 2.24) is 10.3 Å². The minimum Gasteiger partial charge on any atom is -0.351 e. The molecule has 2 N–H and O–H groups in total. The summed E-state index contributed by atoms with van der Waals surface area (Å²) >= 11 is 6.17. The number of amides is 3. The quantitative estimate of drug-likeness (QED) is 0.298. The second-order valence-corrected chi connectivity index (χ2v) is 10.2. The van der Waals surface area contributed by atoms with Gasteiger partial charge in [0.05, 0.1) is 0 Å². The highest BCUT2D eigenvalue weighted by Crippen LogP contribution is 2.33. The highest BCUT2D eigenvalue weighted by molar-refractivity contribution is 6.30. The Kier molecular flexibility index (Phi) is 10.1. The molecular formula is C31H35ClN4O3. The van der Waals surface area contributed by atoms with Gasteiger partial charge in [-0.15, -0.1) is 0 Å². The van der Waals surface area contributed by atoms with Crippen LogP contribution in [-0.2, 0) is 20.8 Å². The fraction of sp³-hybridized carbons (Fsp3) is 0.355.